The lowest BCUT2D eigenvalue weighted by atomic mass is 9.93. The first-order valence-electron chi connectivity index (χ1n) is 8.07. The number of rotatable bonds is 3. The number of hydrazine groups is 1. The van der Waals surface area contributed by atoms with Crippen LogP contribution < -0.4 is 16.2 Å². The molecule has 0 amide bonds. The molecule has 0 spiro atoms. The van der Waals surface area contributed by atoms with Crippen molar-refractivity contribution in [3.63, 3.8) is 0 Å². The number of alkyl halides is 3. The first-order chi connectivity index (χ1) is 12.2. The molecule has 2 atom stereocenters. The van der Waals surface area contributed by atoms with Crippen molar-refractivity contribution in [1.29, 1.82) is 0 Å². The third-order valence-corrected chi connectivity index (χ3v) is 5.18. The summed E-state index contributed by atoms with van der Waals surface area (Å²) >= 11 is 12.1. The molecule has 1 aliphatic heterocycles. The van der Waals surface area contributed by atoms with E-state index in [0.717, 1.165) is 11.3 Å². The minimum Gasteiger partial charge on any atom is -0.364 e. The number of anilines is 2. The monoisotopic (exact) mass is 403 g/mol. The lowest BCUT2D eigenvalue weighted by Crippen LogP contribution is -2.32. The quantitative estimate of drug-likeness (QED) is 0.508. The summed E-state index contributed by atoms with van der Waals surface area (Å²) in [4.78, 5) is 1.76. The summed E-state index contributed by atoms with van der Waals surface area (Å²) in [7, 11) is 0. The Morgan fingerprint density at radius 1 is 1.12 bits per heavy atom. The van der Waals surface area contributed by atoms with Gasteiger partial charge in [0.1, 0.15) is 0 Å². The van der Waals surface area contributed by atoms with Crippen LogP contribution in [0, 0.1) is 12.8 Å². The summed E-state index contributed by atoms with van der Waals surface area (Å²) in [6.45, 7) is 2.13. The van der Waals surface area contributed by atoms with Crippen LogP contribution >= 0.6 is 23.2 Å². The van der Waals surface area contributed by atoms with Gasteiger partial charge in [-0.25, -0.2) is 0 Å². The van der Waals surface area contributed by atoms with E-state index in [2.05, 4.69) is 5.43 Å². The van der Waals surface area contributed by atoms with Crippen LogP contribution in [0.3, 0.4) is 0 Å². The number of nitrogen functional groups attached to an aromatic ring is 1. The molecule has 0 aromatic heterocycles. The number of hydrogen-bond donors (Lipinski definition) is 2. The van der Waals surface area contributed by atoms with Crippen molar-refractivity contribution < 1.29 is 13.2 Å². The van der Waals surface area contributed by atoms with Gasteiger partial charge in [0.05, 0.1) is 17.6 Å². The van der Waals surface area contributed by atoms with Crippen molar-refractivity contribution in [2.45, 2.75) is 25.6 Å². The minimum atomic E-state index is -4.32. The summed E-state index contributed by atoms with van der Waals surface area (Å²) in [5.41, 5.74) is 5.31. The van der Waals surface area contributed by atoms with Gasteiger partial charge in [-0.3, -0.25) is 5.84 Å². The molecular formula is C18H18Cl2F3N3. The molecule has 1 aliphatic rings. The van der Waals surface area contributed by atoms with E-state index in [9.17, 15) is 13.2 Å². The Kier molecular flexibility index (Phi) is 5.28. The van der Waals surface area contributed by atoms with Crippen molar-refractivity contribution in [3.05, 3.63) is 57.6 Å². The zero-order chi connectivity index (χ0) is 19.1. The summed E-state index contributed by atoms with van der Waals surface area (Å²) < 4.78 is 41.0. The highest BCUT2D eigenvalue weighted by Gasteiger charge is 2.51. The van der Waals surface area contributed by atoms with E-state index in [0.29, 0.717) is 21.3 Å². The summed E-state index contributed by atoms with van der Waals surface area (Å²) in [6.07, 6.45) is -4.31. The fourth-order valence-electron chi connectivity index (χ4n) is 3.57. The van der Waals surface area contributed by atoms with Gasteiger partial charge < -0.3 is 10.3 Å². The number of hydrogen-bond acceptors (Lipinski definition) is 3. The van der Waals surface area contributed by atoms with Gasteiger partial charge >= 0.3 is 6.18 Å². The second-order valence-corrected chi connectivity index (χ2v) is 7.29. The van der Waals surface area contributed by atoms with Crippen molar-refractivity contribution in [2.24, 2.45) is 11.8 Å². The zero-order valence-corrected chi connectivity index (χ0v) is 15.5. The number of nitrogens with two attached hydrogens (primary N) is 1. The topological polar surface area (TPSA) is 41.3 Å². The fourth-order valence-corrected chi connectivity index (χ4v) is 4.11. The second-order valence-electron chi connectivity index (χ2n) is 6.42. The molecule has 3 N–H and O–H groups in total. The smallest absolute Gasteiger partial charge is 0.364 e. The first kappa shape index (κ1) is 19.1. The molecule has 2 unspecified atom stereocenters. The molecule has 2 aromatic carbocycles. The Bertz CT molecular complexity index is 791. The molecule has 26 heavy (non-hydrogen) atoms. The number of halogens is 5. The Morgan fingerprint density at radius 3 is 2.31 bits per heavy atom. The van der Waals surface area contributed by atoms with Gasteiger partial charge in [-0.15, -0.1) is 0 Å². The fraction of sp³-hybridized carbons (Fsp3) is 0.333. The number of nitrogens with one attached hydrogen (secondary N) is 1. The Hall–Kier alpha value is -1.63. The van der Waals surface area contributed by atoms with E-state index >= 15 is 0 Å². The molecule has 1 saturated heterocycles. The zero-order valence-electron chi connectivity index (χ0n) is 13.9. The van der Waals surface area contributed by atoms with E-state index in [-0.39, 0.29) is 13.0 Å². The van der Waals surface area contributed by atoms with E-state index < -0.39 is 18.1 Å². The average Bonchev–Trinajstić information content (AvgIpc) is 2.99. The number of aryl methyl sites for hydroxylation is 1. The third kappa shape index (κ3) is 3.72. The number of nitrogens with zero attached hydrogens (tertiary/aromatic N) is 1. The van der Waals surface area contributed by atoms with E-state index in [1.807, 2.05) is 13.0 Å². The standard InChI is InChI=1S/C18H18Cl2F3N3/c1-10-6-14(2-3-16(10)25-24)26-5-4-15(18(21,22)23)17(26)11-7-12(19)9-13(20)8-11/h2-3,6-9,15,17,25H,4-5,24H2,1H3. The van der Waals surface area contributed by atoms with Gasteiger partial charge in [0.25, 0.3) is 0 Å². The van der Waals surface area contributed by atoms with Gasteiger partial charge in [0, 0.05) is 22.3 Å². The molecule has 1 heterocycles. The van der Waals surface area contributed by atoms with E-state index in [4.69, 9.17) is 29.0 Å². The normalized spacial score (nSPS) is 20.5. The van der Waals surface area contributed by atoms with Gasteiger partial charge in [0.2, 0.25) is 0 Å². The molecular weight excluding hydrogens is 386 g/mol. The van der Waals surface area contributed by atoms with Crippen LogP contribution in [0.15, 0.2) is 36.4 Å². The molecule has 0 aliphatic carbocycles. The van der Waals surface area contributed by atoms with Crippen molar-refractivity contribution >= 4 is 34.6 Å². The molecule has 0 bridgehead atoms. The third-order valence-electron chi connectivity index (χ3n) is 4.74. The van der Waals surface area contributed by atoms with Gasteiger partial charge in [-0.05, 0) is 60.9 Å². The van der Waals surface area contributed by atoms with E-state index in [1.165, 1.54) is 6.07 Å². The predicted octanol–water partition coefficient (Wildman–Crippen LogP) is 5.72. The van der Waals surface area contributed by atoms with Crippen LogP contribution in [0.25, 0.3) is 0 Å². The molecule has 8 heteroatoms. The lowest BCUT2D eigenvalue weighted by Gasteiger charge is -2.32. The maximum absolute atomic E-state index is 13.7. The molecule has 140 valence electrons. The Balaban J connectivity index is 2.07. The Morgan fingerprint density at radius 2 is 1.77 bits per heavy atom. The van der Waals surface area contributed by atoms with Crippen LogP contribution in [0.2, 0.25) is 10.0 Å². The highest BCUT2D eigenvalue weighted by molar-refractivity contribution is 6.34. The first-order valence-corrected chi connectivity index (χ1v) is 8.83. The van der Waals surface area contributed by atoms with Crippen LogP contribution in [0.1, 0.15) is 23.6 Å². The molecule has 0 saturated carbocycles. The highest BCUT2D eigenvalue weighted by Crippen LogP contribution is 2.49. The molecule has 3 rings (SSSR count). The van der Waals surface area contributed by atoms with Crippen molar-refractivity contribution in [2.75, 3.05) is 16.9 Å². The van der Waals surface area contributed by atoms with Crippen LogP contribution in [-0.2, 0) is 0 Å². The van der Waals surface area contributed by atoms with Crippen LogP contribution in [-0.4, -0.2) is 12.7 Å². The second kappa shape index (κ2) is 7.18. The van der Waals surface area contributed by atoms with Crippen LogP contribution in [0.4, 0.5) is 24.5 Å². The maximum Gasteiger partial charge on any atom is 0.394 e. The van der Waals surface area contributed by atoms with Gasteiger partial charge in [-0.2, -0.15) is 13.2 Å². The maximum atomic E-state index is 13.7. The Labute approximate surface area is 159 Å². The summed E-state index contributed by atoms with van der Waals surface area (Å²) in [5.74, 6) is 3.95. The van der Waals surface area contributed by atoms with Gasteiger partial charge in [0.15, 0.2) is 0 Å². The highest BCUT2D eigenvalue weighted by atomic mass is 35.5. The molecule has 2 aromatic rings. The van der Waals surface area contributed by atoms with E-state index in [1.54, 1.807) is 29.2 Å². The summed E-state index contributed by atoms with van der Waals surface area (Å²) in [5, 5.41) is 0.637. The minimum absolute atomic E-state index is 0.00817. The van der Waals surface area contributed by atoms with Crippen LogP contribution in [0.5, 0.6) is 0 Å². The molecule has 0 radical (unpaired) electrons. The average molecular weight is 404 g/mol. The SMILES string of the molecule is Cc1cc(N2CCC(C(F)(F)F)C2c2cc(Cl)cc(Cl)c2)ccc1NN. The largest absolute Gasteiger partial charge is 0.394 e. The lowest BCUT2D eigenvalue weighted by molar-refractivity contribution is -0.176. The summed E-state index contributed by atoms with van der Waals surface area (Å²) in [6, 6.07) is 9.08. The number of benzene rings is 2. The molecule has 1 fully saturated rings. The van der Waals surface area contributed by atoms with Crippen molar-refractivity contribution in [3.8, 4) is 0 Å². The van der Waals surface area contributed by atoms with Gasteiger partial charge in [-0.1, -0.05) is 23.2 Å². The van der Waals surface area contributed by atoms with Crippen molar-refractivity contribution in [1.82, 2.24) is 0 Å². The predicted molar refractivity (Wildman–Crippen MR) is 99.7 cm³/mol. The molecule has 3 nitrogen and oxygen atoms in total.